The third-order valence-corrected chi connectivity index (χ3v) is 13.7. The predicted molar refractivity (Wildman–Crippen MR) is 272 cm³/mol. The molecule has 5 heterocycles. The molecule has 0 bridgehead atoms. The Hall–Kier alpha value is -9.18. The summed E-state index contributed by atoms with van der Waals surface area (Å²) in [6.45, 7) is 0. The molecule has 0 fully saturated rings. The Morgan fingerprint density at radius 3 is 1.05 bits per heavy atom. The minimum Gasteiger partial charge on any atom is -0.309 e. The second kappa shape index (κ2) is 13.9. The van der Waals surface area contributed by atoms with Crippen molar-refractivity contribution in [2.24, 2.45) is 0 Å². The molecule has 6 heteroatoms. The maximum atomic E-state index is 11.0. The highest BCUT2D eigenvalue weighted by molar-refractivity contribution is 6.15. The molecular formula is C60H36N6. The first kappa shape index (κ1) is 36.3. The van der Waals surface area contributed by atoms with Gasteiger partial charge in [-0.05, 0) is 103 Å². The largest absolute Gasteiger partial charge is 0.309 e. The summed E-state index contributed by atoms with van der Waals surface area (Å²) in [5, 5.41) is 20.5. The normalized spacial score (nSPS) is 11.9. The van der Waals surface area contributed by atoms with Gasteiger partial charge in [-0.15, -0.1) is 0 Å². The number of rotatable bonds is 5. The van der Waals surface area contributed by atoms with Gasteiger partial charge in [-0.25, -0.2) is 0 Å². The van der Waals surface area contributed by atoms with Gasteiger partial charge in [0.05, 0.1) is 67.1 Å². The van der Waals surface area contributed by atoms with Gasteiger partial charge in [0.1, 0.15) is 0 Å². The van der Waals surface area contributed by atoms with Crippen molar-refractivity contribution in [2.45, 2.75) is 0 Å². The molecule has 0 radical (unpaired) electrons. The molecule has 0 saturated carbocycles. The van der Waals surface area contributed by atoms with Crippen molar-refractivity contribution in [3.8, 4) is 39.9 Å². The van der Waals surface area contributed by atoms with Crippen LogP contribution < -0.4 is 0 Å². The highest BCUT2D eigenvalue weighted by Gasteiger charge is 2.24. The van der Waals surface area contributed by atoms with Crippen LogP contribution in [0.3, 0.4) is 0 Å². The third kappa shape index (κ3) is 5.08. The zero-order chi connectivity index (χ0) is 43.5. The lowest BCUT2D eigenvalue weighted by atomic mass is 9.99. The Bertz CT molecular complexity index is 4260. The molecule has 9 aromatic carbocycles. The Morgan fingerprint density at radius 2 is 0.652 bits per heavy atom. The highest BCUT2D eigenvalue weighted by Crippen LogP contribution is 2.43. The third-order valence-electron chi connectivity index (χ3n) is 13.7. The smallest absolute Gasteiger partial charge is 0.0998 e. The van der Waals surface area contributed by atoms with Crippen LogP contribution in [0.2, 0.25) is 0 Å². The lowest BCUT2D eigenvalue weighted by Crippen LogP contribution is -2.05. The summed E-state index contributed by atoms with van der Waals surface area (Å²) in [6, 6.07) is 76.5. The molecule has 0 unspecified atom stereocenters. The first-order valence-electron chi connectivity index (χ1n) is 22.3. The van der Waals surface area contributed by atoms with E-state index in [4.69, 9.17) is 0 Å². The zero-order valence-electron chi connectivity index (χ0n) is 35.5. The van der Waals surface area contributed by atoms with Crippen molar-refractivity contribution in [2.75, 3.05) is 0 Å². The van der Waals surface area contributed by atoms with Gasteiger partial charge in [-0.2, -0.15) is 5.26 Å². The highest BCUT2D eigenvalue weighted by atomic mass is 15.1. The molecule has 0 saturated heterocycles. The summed E-state index contributed by atoms with van der Waals surface area (Å²) in [5.41, 5.74) is 15.4. The molecule has 14 aromatic rings. The summed E-state index contributed by atoms with van der Waals surface area (Å²) < 4.78 is 9.52. The Kier molecular flexibility index (Phi) is 7.65. The average molecular weight is 841 g/mol. The van der Waals surface area contributed by atoms with Crippen LogP contribution >= 0.6 is 0 Å². The molecule has 6 nitrogen and oxygen atoms in total. The molecule has 5 aromatic heterocycles. The van der Waals surface area contributed by atoms with Crippen molar-refractivity contribution < 1.29 is 0 Å². The summed E-state index contributed by atoms with van der Waals surface area (Å²) in [6.07, 6.45) is 3.59. The van der Waals surface area contributed by atoms with E-state index in [9.17, 15) is 5.26 Å². The number of pyridine rings is 1. The van der Waals surface area contributed by atoms with Gasteiger partial charge in [-0.1, -0.05) is 109 Å². The van der Waals surface area contributed by atoms with Crippen LogP contribution in [0.1, 0.15) is 5.56 Å². The van der Waals surface area contributed by atoms with Gasteiger partial charge in [0.25, 0.3) is 0 Å². The van der Waals surface area contributed by atoms with Crippen LogP contribution in [0.15, 0.2) is 219 Å². The van der Waals surface area contributed by atoms with E-state index in [0.717, 1.165) is 77.5 Å². The fraction of sp³-hybridized carbons (Fsp3) is 0. The molecule has 0 atom stereocenters. The van der Waals surface area contributed by atoms with E-state index in [1.54, 1.807) is 12.4 Å². The van der Waals surface area contributed by atoms with Gasteiger partial charge in [0, 0.05) is 72.4 Å². The molecule has 306 valence electrons. The molecule has 0 aliphatic heterocycles. The summed E-state index contributed by atoms with van der Waals surface area (Å²) in [4.78, 5) is 4.34. The fourth-order valence-corrected chi connectivity index (χ4v) is 10.9. The molecule has 0 spiro atoms. The van der Waals surface area contributed by atoms with Gasteiger partial charge < -0.3 is 18.3 Å². The van der Waals surface area contributed by atoms with Crippen LogP contribution in [-0.4, -0.2) is 23.3 Å². The van der Waals surface area contributed by atoms with E-state index >= 15 is 0 Å². The van der Waals surface area contributed by atoms with Gasteiger partial charge >= 0.3 is 0 Å². The number of benzene rings is 9. The van der Waals surface area contributed by atoms with Crippen molar-refractivity contribution in [1.29, 1.82) is 5.26 Å². The van der Waals surface area contributed by atoms with E-state index in [1.807, 2.05) is 12.1 Å². The first-order chi connectivity index (χ1) is 32.7. The SMILES string of the molecule is N#Cc1cc(-n2c3ccccc3c3cc(-n4c5ccccc5c5ccccc54)ccc32)c(-n2c3ccccc3c3cc(-n4c5ccccc5c5ccccc54)ccc32)cc1-c1ccncc1. The maximum Gasteiger partial charge on any atom is 0.0998 e. The number of aromatic nitrogens is 5. The maximum absolute atomic E-state index is 11.0. The number of hydrogen-bond acceptors (Lipinski definition) is 2. The first-order valence-corrected chi connectivity index (χ1v) is 22.3. The average Bonchev–Trinajstić information content (AvgIpc) is 4.11. The molecule has 0 aliphatic rings. The fourth-order valence-electron chi connectivity index (χ4n) is 10.9. The molecular weight excluding hydrogens is 805 g/mol. The van der Waals surface area contributed by atoms with Gasteiger partial charge in [0.15, 0.2) is 0 Å². The number of nitrogens with zero attached hydrogens (tertiary/aromatic N) is 6. The van der Waals surface area contributed by atoms with Crippen molar-refractivity contribution >= 4 is 87.2 Å². The quantitative estimate of drug-likeness (QED) is 0.173. The number of hydrogen-bond donors (Lipinski definition) is 0. The second-order valence-electron chi connectivity index (χ2n) is 17.1. The zero-order valence-corrected chi connectivity index (χ0v) is 35.5. The number of para-hydroxylation sites is 6. The summed E-state index contributed by atoms with van der Waals surface area (Å²) >= 11 is 0. The van der Waals surface area contributed by atoms with Crippen LogP contribution in [0.4, 0.5) is 0 Å². The lowest BCUT2D eigenvalue weighted by molar-refractivity contribution is 1.09. The predicted octanol–water partition coefficient (Wildman–Crippen LogP) is 15.0. The summed E-state index contributed by atoms with van der Waals surface area (Å²) in [5.74, 6) is 0. The van der Waals surface area contributed by atoms with Crippen LogP contribution in [0.25, 0.3) is 121 Å². The molecule has 0 amide bonds. The van der Waals surface area contributed by atoms with E-state index in [1.165, 1.54) is 43.6 Å². The minimum atomic E-state index is 0.585. The minimum absolute atomic E-state index is 0.585. The monoisotopic (exact) mass is 840 g/mol. The van der Waals surface area contributed by atoms with Crippen LogP contribution in [0.5, 0.6) is 0 Å². The van der Waals surface area contributed by atoms with E-state index in [-0.39, 0.29) is 0 Å². The summed E-state index contributed by atoms with van der Waals surface area (Å²) in [7, 11) is 0. The van der Waals surface area contributed by atoms with Crippen molar-refractivity contribution in [3.63, 3.8) is 0 Å². The Morgan fingerprint density at radius 1 is 0.318 bits per heavy atom. The molecule has 0 N–H and O–H groups in total. The molecule has 0 aliphatic carbocycles. The Balaban J connectivity index is 1.07. The molecule has 66 heavy (non-hydrogen) atoms. The van der Waals surface area contributed by atoms with Crippen molar-refractivity contribution in [1.82, 2.24) is 23.3 Å². The Labute approximate surface area is 378 Å². The van der Waals surface area contributed by atoms with Crippen molar-refractivity contribution in [3.05, 3.63) is 224 Å². The van der Waals surface area contributed by atoms with E-state index < -0.39 is 0 Å². The number of fused-ring (bicyclic) bond motifs is 12. The van der Waals surface area contributed by atoms with Crippen LogP contribution in [0, 0.1) is 11.3 Å². The topological polar surface area (TPSA) is 56.4 Å². The standard InChI is InChI=1S/C60H36N6/c61-37-39-33-59(65-55-23-11-5-17-46(55)49-34-40(25-27-57(49)65)63-51-19-7-1-13-42(51)43-14-2-8-20-52(43)63)60(36-48(39)38-29-31-62-32-30-38)66-56-24-12-6-18-47(56)50-35-41(26-28-58(50)66)64-53-21-9-3-15-44(53)45-16-4-10-22-54(45)64/h1-36H. The van der Waals surface area contributed by atoms with Crippen LogP contribution in [-0.2, 0) is 0 Å². The van der Waals surface area contributed by atoms with Gasteiger partial charge in [0.2, 0.25) is 0 Å². The second-order valence-corrected chi connectivity index (χ2v) is 17.1. The van der Waals surface area contributed by atoms with E-state index in [0.29, 0.717) is 5.56 Å². The lowest BCUT2D eigenvalue weighted by Gasteiger charge is -2.19. The number of nitriles is 1. The van der Waals surface area contributed by atoms with Gasteiger partial charge in [-0.3, -0.25) is 4.98 Å². The van der Waals surface area contributed by atoms with E-state index in [2.05, 4.69) is 223 Å². The molecule has 14 rings (SSSR count).